The molecule has 1 aromatic heterocycles. The lowest BCUT2D eigenvalue weighted by atomic mass is 10.1. The summed E-state index contributed by atoms with van der Waals surface area (Å²) >= 11 is 6.11. The summed E-state index contributed by atoms with van der Waals surface area (Å²) in [7, 11) is 1.26. The lowest BCUT2D eigenvalue weighted by molar-refractivity contribution is -0.112. The average Bonchev–Trinajstić information content (AvgIpc) is 2.94. The number of rotatable bonds is 6. The van der Waals surface area contributed by atoms with E-state index in [-0.39, 0.29) is 21.8 Å². The standard InChI is InChI=1S/C21H22ClN3O3/c1-5-8-25-13(2)9-16(14(25)3)10-17(12-23)20(26)24-19-11-15(21(27)28-4)6-7-18(19)22/h6-7,9-11H,5,8H2,1-4H3,(H,24,26)/b17-10+. The maximum absolute atomic E-state index is 12.6. The maximum Gasteiger partial charge on any atom is 0.337 e. The van der Waals surface area contributed by atoms with E-state index in [1.54, 1.807) is 6.08 Å². The first-order valence-corrected chi connectivity index (χ1v) is 9.17. The van der Waals surface area contributed by atoms with Crippen molar-refractivity contribution in [2.75, 3.05) is 12.4 Å². The van der Waals surface area contributed by atoms with Crippen molar-refractivity contribution >= 4 is 35.2 Å². The number of carbonyl (C=O) groups excluding carboxylic acids is 2. The molecular formula is C21H22ClN3O3. The number of nitrogens with one attached hydrogen (secondary N) is 1. The van der Waals surface area contributed by atoms with Crippen molar-refractivity contribution < 1.29 is 14.3 Å². The Kier molecular flexibility index (Phi) is 7.02. The number of amides is 1. The Labute approximate surface area is 169 Å². The van der Waals surface area contributed by atoms with Crippen molar-refractivity contribution in [1.82, 2.24) is 4.57 Å². The predicted octanol–water partition coefficient (Wildman–Crippen LogP) is 4.50. The van der Waals surface area contributed by atoms with Crippen LogP contribution in [-0.4, -0.2) is 23.6 Å². The Bertz CT molecular complexity index is 984. The van der Waals surface area contributed by atoms with Crippen molar-refractivity contribution in [3.63, 3.8) is 0 Å². The first-order chi connectivity index (χ1) is 13.3. The van der Waals surface area contributed by atoms with Gasteiger partial charge in [-0.05, 0) is 56.2 Å². The molecule has 0 saturated carbocycles. The second-order valence-corrected chi connectivity index (χ2v) is 6.70. The highest BCUT2D eigenvalue weighted by Crippen LogP contribution is 2.25. The number of carbonyl (C=O) groups is 2. The van der Waals surface area contributed by atoms with E-state index < -0.39 is 11.9 Å². The van der Waals surface area contributed by atoms with Crippen molar-refractivity contribution in [3.05, 3.63) is 57.4 Å². The number of hydrogen-bond acceptors (Lipinski definition) is 4. The molecule has 1 N–H and O–H groups in total. The minimum atomic E-state index is -0.605. The third-order valence-corrected chi connectivity index (χ3v) is 4.69. The van der Waals surface area contributed by atoms with Crippen LogP contribution in [0, 0.1) is 25.2 Å². The minimum Gasteiger partial charge on any atom is -0.465 e. The third-order valence-electron chi connectivity index (χ3n) is 4.36. The van der Waals surface area contributed by atoms with Crippen LogP contribution in [0.2, 0.25) is 5.02 Å². The molecule has 0 aliphatic heterocycles. The molecule has 0 unspecified atom stereocenters. The molecule has 0 radical (unpaired) electrons. The zero-order valence-electron chi connectivity index (χ0n) is 16.3. The summed E-state index contributed by atoms with van der Waals surface area (Å²) in [6.45, 7) is 6.91. The Morgan fingerprint density at radius 3 is 2.64 bits per heavy atom. The van der Waals surface area contributed by atoms with Crippen molar-refractivity contribution in [2.24, 2.45) is 0 Å². The topological polar surface area (TPSA) is 84.1 Å². The molecule has 1 heterocycles. The van der Waals surface area contributed by atoms with Gasteiger partial charge in [-0.3, -0.25) is 4.79 Å². The summed E-state index contributed by atoms with van der Waals surface area (Å²) in [5, 5.41) is 12.3. The number of methoxy groups -OCH3 is 1. The van der Waals surface area contributed by atoms with E-state index in [0.717, 1.165) is 29.9 Å². The van der Waals surface area contributed by atoms with Gasteiger partial charge >= 0.3 is 5.97 Å². The van der Waals surface area contributed by atoms with Crippen LogP contribution in [0.5, 0.6) is 0 Å². The molecule has 1 aromatic carbocycles. The molecule has 0 bridgehead atoms. The summed E-state index contributed by atoms with van der Waals surface area (Å²) in [5.41, 5.74) is 3.28. The second kappa shape index (κ2) is 9.25. The zero-order chi connectivity index (χ0) is 20.8. The molecule has 0 aliphatic carbocycles. The normalized spacial score (nSPS) is 11.1. The van der Waals surface area contributed by atoms with Gasteiger partial charge in [-0.2, -0.15) is 5.26 Å². The lowest BCUT2D eigenvalue weighted by Crippen LogP contribution is -2.14. The van der Waals surface area contributed by atoms with Crippen molar-refractivity contribution in [2.45, 2.75) is 33.7 Å². The van der Waals surface area contributed by atoms with Crippen LogP contribution in [0.15, 0.2) is 29.8 Å². The van der Waals surface area contributed by atoms with Crippen LogP contribution in [0.25, 0.3) is 6.08 Å². The van der Waals surface area contributed by atoms with Crippen LogP contribution in [0.4, 0.5) is 5.69 Å². The summed E-state index contributed by atoms with van der Waals surface area (Å²) in [5.74, 6) is -1.15. The SMILES string of the molecule is CCCn1c(C)cc(/C=C(\C#N)C(=O)Nc2cc(C(=O)OC)ccc2Cl)c1C. The molecule has 6 nitrogen and oxygen atoms in total. The van der Waals surface area contributed by atoms with E-state index in [0.29, 0.717) is 0 Å². The summed E-state index contributed by atoms with van der Waals surface area (Å²) in [6, 6.07) is 8.26. The lowest BCUT2D eigenvalue weighted by Gasteiger charge is -2.09. The van der Waals surface area contributed by atoms with Gasteiger partial charge in [0.05, 0.1) is 23.4 Å². The number of ether oxygens (including phenoxy) is 1. The zero-order valence-corrected chi connectivity index (χ0v) is 17.1. The van der Waals surface area contributed by atoms with Crippen LogP contribution in [0.3, 0.4) is 0 Å². The highest BCUT2D eigenvalue weighted by molar-refractivity contribution is 6.34. The predicted molar refractivity (Wildman–Crippen MR) is 109 cm³/mol. The number of benzene rings is 1. The minimum absolute atomic E-state index is 0.0590. The second-order valence-electron chi connectivity index (χ2n) is 6.29. The van der Waals surface area contributed by atoms with Crippen LogP contribution in [-0.2, 0) is 16.1 Å². The van der Waals surface area contributed by atoms with Gasteiger partial charge in [-0.25, -0.2) is 4.79 Å². The van der Waals surface area contributed by atoms with Gasteiger partial charge in [0.1, 0.15) is 11.6 Å². The van der Waals surface area contributed by atoms with E-state index in [9.17, 15) is 14.9 Å². The molecule has 2 aromatic rings. The van der Waals surface area contributed by atoms with Gasteiger partial charge in [0.15, 0.2) is 0 Å². The largest absolute Gasteiger partial charge is 0.465 e. The Morgan fingerprint density at radius 1 is 1.32 bits per heavy atom. The van der Waals surface area contributed by atoms with Gasteiger partial charge < -0.3 is 14.6 Å². The molecule has 28 heavy (non-hydrogen) atoms. The van der Waals surface area contributed by atoms with E-state index in [1.807, 2.05) is 26.0 Å². The number of aryl methyl sites for hydroxylation is 1. The van der Waals surface area contributed by atoms with Crippen LogP contribution in [0.1, 0.15) is 40.7 Å². The smallest absolute Gasteiger partial charge is 0.337 e. The van der Waals surface area contributed by atoms with Gasteiger partial charge in [-0.1, -0.05) is 18.5 Å². The Morgan fingerprint density at radius 2 is 2.04 bits per heavy atom. The molecule has 2 rings (SSSR count). The molecule has 7 heteroatoms. The fraction of sp³-hybridized carbons (Fsp3) is 0.286. The molecule has 0 aliphatic rings. The number of aromatic nitrogens is 1. The summed E-state index contributed by atoms with van der Waals surface area (Å²) < 4.78 is 6.82. The highest BCUT2D eigenvalue weighted by atomic mass is 35.5. The molecule has 0 spiro atoms. The first kappa shape index (κ1) is 21.3. The molecule has 0 saturated heterocycles. The maximum atomic E-state index is 12.6. The van der Waals surface area contributed by atoms with E-state index in [1.165, 1.54) is 25.3 Å². The molecule has 1 amide bonds. The monoisotopic (exact) mass is 399 g/mol. The summed E-state index contributed by atoms with van der Waals surface area (Å²) in [6.07, 6.45) is 2.54. The number of esters is 1. The third kappa shape index (κ3) is 4.62. The van der Waals surface area contributed by atoms with Gasteiger partial charge in [0, 0.05) is 17.9 Å². The highest BCUT2D eigenvalue weighted by Gasteiger charge is 2.16. The van der Waals surface area contributed by atoms with E-state index in [4.69, 9.17) is 11.6 Å². The number of hydrogen-bond donors (Lipinski definition) is 1. The fourth-order valence-electron chi connectivity index (χ4n) is 2.90. The van der Waals surface area contributed by atoms with Crippen molar-refractivity contribution in [1.29, 1.82) is 5.26 Å². The van der Waals surface area contributed by atoms with Crippen LogP contribution >= 0.6 is 11.6 Å². The molecular weight excluding hydrogens is 378 g/mol. The van der Waals surface area contributed by atoms with Gasteiger partial charge in [-0.15, -0.1) is 0 Å². The number of nitrogens with zero attached hydrogens (tertiary/aromatic N) is 2. The molecule has 146 valence electrons. The fourth-order valence-corrected chi connectivity index (χ4v) is 3.07. The Balaban J connectivity index is 2.33. The Hall–Kier alpha value is -3.04. The molecule has 0 atom stereocenters. The van der Waals surface area contributed by atoms with Crippen molar-refractivity contribution in [3.8, 4) is 6.07 Å². The van der Waals surface area contributed by atoms with Gasteiger partial charge in [0.2, 0.25) is 0 Å². The van der Waals surface area contributed by atoms with E-state index >= 15 is 0 Å². The average molecular weight is 400 g/mol. The first-order valence-electron chi connectivity index (χ1n) is 8.80. The quantitative estimate of drug-likeness (QED) is 0.440. The van der Waals surface area contributed by atoms with E-state index in [2.05, 4.69) is 21.5 Å². The van der Waals surface area contributed by atoms with Crippen LogP contribution < -0.4 is 5.32 Å². The number of anilines is 1. The van der Waals surface area contributed by atoms with Gasteiger partial charge in [0.25, 0.3) is 5.91 Å². The summed E-state index contributed by atoms with van der Waals surface area (Å²) in [4.78, 5) is 24.3. The molecule has 0 fully saturated rings. The number of nitriles is 1. The number of halogens is 1.